The molecule has 19 heavy (non-hydrogen) atoms. The van der Waals surface area contributed by atoms with Crippen molar-refractivity contribution >= 4 is 12.0 Å². The van der Waals surface area contributed by atoms with Gasteiger partial charge in [-0.05, 0) is 37.5 Å². The Morgan fingerprint density at radius 3 is 2.37 bits per heavy atom. The molecule has 2 saturated carbocycles. The first-order chi connectivity index (χ1) is 9.08. The molecule has 2 atom stereocenters. The Bertz CT molecular complexity index is 338. The van der Waals surface area contributed by atoms with Crippen molar-refractivity contribution in [1.82, 2.24) is 10.6 Å². The van der Waals surface area contributed by atoms with Crippen molar-refractivity contribution < 1.29 is 14.7 Å². The number of carbonyl (C=O) groups is 2. The molecule has 108 valence electrons. The van der Waals surface area contributed by atoms with Gasteiger partial charge in [0.25, 0.3) is 0 Å². The standard InChI is InChI=1S/C14H24N2O3/c1-2-11(7-9-3-4-9)15-14(19)16-12(8-13(17)18)10-5-6-10/h9-12H,2-8H2,1H3,(H,17,18)(H2,15,16,19). The van der Waals surface area contributed by atoms with Gasteiger partial charge in [-0.3, -0.25) is 4.79 Å². The van der Waals surface area contributed by atoms with Crippen LogP contribution in [0.15, 0.2) is 0 Å². The van der Waals surface area contributed by atoms with Gasteiger partial charge in [0, 0.05) is 12.1 Å². The number of carbonyl (C=O) groups excluding carboxylic acids is 1. The highest BCUT2D eigenvalue weighted by molar-refractivity contribution is 5.76. The fraction of sp³-hybridized carbons (Fsp3) is 0.857. The van der Waals surface area contributed by atoms with Gasteiger partial charge in [-0.25, -0.2) is 4.79 Å². The highest BCUT2D eigenvalue weighted by Gasteiger charge is 2.34. The minimum Gasteiger partial charge on any atom is -0.481 e. The van der Waals surface area contributed by atoms with Crippen LogP contribution in [0, 0.1) is 11.8 Å². The fourth-order valence-electron chi connectivity index (χ4n) is 2.50. The predicted octanol–water partition coefficient (Wildman–Crippen LogP) is 2.12. The SMILES string of the molecule is CCC(CC1CC1)NC(=O)NC(CC(=O)O)C1CC1. The third kappa shape index (κ3) is 5.09. The number of nitrogens with one attached hydrogen (secondary N) is 2. The van der Waals surface area contributed by atoms with Gasteiger partial charge in [-0.15, -0.1) is 0 Å². The summed E-state index contributed by atoms with van der Waals surface area (Å²) in [4.78, 5) is 22.7. The van der Waals surface area contributed by atoms with Gasteiger partial charge >= 0.3 is 12.0 Å². The zero-order valence-corrected chi connectivity index (χ0v) is 11.5. The number of rotatable bonds is 8. The second kappa shape index (κ2) is 6.26. The highest BCUT2D eigenvalue weighted by Crippen LogP contribution is 2.35. The molecule has 2 aliphatic rings. The van der Waals surface area contributed by atoms with E-state index in [4.69, 9.17) is 5.11 Å². The van der Waals surface area contributed by atoms with E-state index in [0.717, 1.165) is 31.6 Å². The minimum atomic E-state index is -0.845. The van der Waals surface area contributed by atoms with Crippen LogP contribution < -0.4 is 10.6 Å². The molecular weight excluding hydrogens is 244 g/mol. The third-order valence-electron chi connectivity index (χ3n) is 4.04. The molecule has 0 heterocycles. The Balaban J connectivity index is 1.75. The summed E-state index contributed by atoms with van der Waals surface area (Å²) in [6, 6.07) is -0.196. The first kappa shape index (κ1) is 14.2. The van der Waals surface area contributed by atoms with Gasteiger partial charge in [0.1, 0.15) is 0 Å². The van der Waals surface area contributed by atoms with E-state index in [-0.39, 0.29) is 24.5 Å². The summed E-state index contributed by atoms with van der Waals surface area (Å²) in [6.45, 7) is 2.07. The lowest BCUT2D eigenvalue weighted by Crippen LogP contribution is -2.47. The van der Waals surface area contributed by atoms with Gasteiger partial charge in [-0.1, -0.05) is 19.8 Å². The van der Waals surface area contributed by atoms with Crippen LogP contribution in [0.25, 0.3) is 0 Å². The Morgan fingerprint density at radius 1 is 1.21 bits per heavy atom. The van der Waals surface area contributed by atoms with Crippen molar-refractivity contribution in [2.24, 2.45) is 11.8 Å². The van der Waals surface area contributed by atoms with Crippen molar-refractivity contribution in [1.29, 1.82) is 0 Å². The van der Waals surface area contributed by atoms with E-state index in [0.29, 0.717) is 5.92 Å². The van der Waals surface area contributed by atoms with Crippen LogP contribution in [0.2, 0.25) is 0 Å². The molecule has 5 nitrogen and oxygen atoms in total. The topological polar surface area (TPSA) is 78.4 Å². The van der Waals surface area contributed by atoms with Gasteiger partial charge < -0.3 is 15.7 Å². The summed E-state index contributed by atoms with van der Waals surface area (Å²) in [5.41, 5.74) is 0. The zero-order valence-electron chi connectivity index (χ0n) is 11.5. The monoisotopic (exact) mass is 268 g/mol. The van der Waals surface area contributed by atoms with Crippen LogP contribution in [0.3, 0.4) is 0 Å². The third-order valence-corrected chi connectivity index (χ3v) is 4.04. The number of hydrogen-bond donors (Lipinski definition) is 3. The number of hydrogen-bond acceptors (Lipinski definition) is 2. The quantitative estimate of drug-likeness (QED) is 0.631. The Morgan fingerprint density at radius 2 is 1.89 bits per heavy atom. The second-order valence-corrected chi connectivity index (χ2v) is 5.94. The molecule has 3 N–H and O–H groups in total. The molecule has 0 saturated heterocycles. The normalized spacial score (nSPS) is 21.5. The van der Waals surface area contributed by atoms with Gasteiger partial charge in [0.2, 0.25) is 0 Å². The van der Waals surface area contributed by atoms with Crippen LogP contribution >= 0.6 is 0 Å². The minimum absolute atomic E-state index is 0.0253. The first-order valence-electron chi connectivity index (χ1n) is 7.37. The summed E-state index contributed by atoms with van der Waals surface area (Å²) in [6.07, 6.45) is 6.62. The zero-order chi connectivity index (χ0) is 13.8. The van der Waals surface area contributed by atoms with Crippen LogP contribution in [0.4, 0.5) is 4.79 Å². The average Bonchev–Trinajstić information content (AvgIpc) is 3.20. The van der Waals surface area contributed by atoms with Gasteiger partial charge in [0.15, 0.2) is 0 Å². The van der Waals surface area contributed by atoms with Crippen molar-refractivity contribution in [2.75, 3.05) is 0 Å². The first-order valence-corrected chi connectivity index (χ1v) is 7.37. The number of carboxylic acid groups (broad SMARTS) is 1. The van der Waals surface area contributed by atoms with E-state index in [9.17, 15) is 9.59 Å². The predicted molar refractivity (Wildman–Crippen MR) is 71.9 cm³/mol. The average molecular weight is 268 g/mol. The number of urea groups is 1. The summed E-state index contributed by atoms with van der Waals surface area (Å²) in [5.74, 6) is 0.288. The Hall–Kier alpha value is -1.26. The number of aliphatic carboxylic acids is 1. The van der Waals surface area contributed by atoms with Crippen molar-refractivity contribution in [3.8, 4) is 0 Å². The van der Waals surface area contributed by atoms with Crippen LogP contribution in [-0.2, 0) is 4.79 Å². The van der Waals surface area contributed by atoms with Crippen LogP contribution in [-0.4, -0.2) is 29.2 Å². The van der Waals surface area contributed by atoms with E-state index in [1.54, 1.807) is 0 Å². The molecule has 2 unspecified atom stereocenters. The smallest absolute Gasteiger partial charge is 0.315 e. The summed E-state index contributed by atoms with van der Waals surface area (Å²) in [7, 11) is 0. The molecular formula is C14H24N2O3. The molecule has 2 amide bonds. The van der Waals surface area contributed by atoms with Gasteiger partial charge in [0.05, 0.1) is 6.42 Å². The van der Waals surface area contributed by atoms with Crippen molar-refractivity contribution in [2.45, 2.75) is 64.0 Å². The summed E-state index contributed by atoms with van der Waals surface area (Å²) < 4.78 is 0. The molecule has 0 spiro atoms. The molecule has 0 aliphatic heterocycles. The Kier molecular flexibility index (Phi) is 4.66. The lowest BCUT2D eigenvalue weighted by molar-refractivity contribution is -0.137. The van der Waals surface area contributed by atoms with Crippen molar-refractivity contribution in [3.05, 3.63) is 0 Å². The molecule has 0 radical (unpaired) electrons. The molecule has 0 aromatic carbocycles. The molecule has 0 aromatic heterocycles. The molecule has 5 heteroatoms. The molecule has 0 aromatic rings. The van der Waals surface area contributed by atoms with E-state index >= 15 is 0 Å². The molecule has 2 aliphatic carbocycles. The maximum Gasteiger partial charge on any atom is 0.315 e. The van der Waals surface area contributed by atoms with E-state index < -0.39 is 5.97 Å². The van der Waals surface area contributed by atoms with E-state index in [1.807, 2.05) is 0 Å². The van der Waals surface area contributed by atoms with Crippen molar-refractivity contribution in [3.63, 3.8) is 0 Å². The lowest BCUT2D eigenvalue weighted by atomic mass is 10.1. The number of carboxylic acids is 1. The highest BCUT2D eigenvalue weighted by atomic mass is 16.4. The second-order valence-electron chi connectivity index (χ2n) is 5.94. The summed E-state index contributed by atoms with van der Waals surface area (Å²) in [5, 5.41) is 14.7. The maximum absolute atomic E-state index is 11.9. The van der Waals surface area contributed by atoms with E-state index in [2.05, 4.69) is 17.6 Å². The van der Waals surface area contributed by atoms with Crippen LogP contribution in [0.5, 0.6) is 0 Å². The van der Waals surface area contributed by atoms with Gasteiger partial charge in [-0.2, -0.15) is 0 Å². The fourth-order valence-corrected chi connectivity index (χ4v) is 2.50. The number of amides is 2. The molecule has 2 fully saturated rings. The Labute approximate surface area is 114 Å². The summed E-state index contributed by atoms with van der Waals surface area (Å²) >= 11 is 0. The van der Waals surface area contributed by atoms with Crippen LogP contribution in [0.1, 0.15) is 51.9 Å². The largest absolute Gasteiger partial charge is 0.481 e. The lowest BCUT2D eigenvalue weighted by Gasteiger charge is -2.21. The molecule has 0 bridgehead atoms. The van der Waals surface area contributed by atoms with E-state index in [1.165, 1.54) is 12.8 Å². The molecule has 2 rings (SSSR count). The maximum atomic E-state index is 11.9.